The van der Waals surface area contributed by atoms with Crippen LogP contribution in [0.15, 0.2) is 0 Å². The van der Waals surface area contributed by atoms with Crippen LogP contribution in [0.2, 0.25) is 0 Å². The first-order chi connectivity index (χ1) is 6.68. The van der Waals surface area contributed by atoms with Crippen molar-refractivity contribution < 1.29 is 18.3 Å². The van der Waals surface area contributed by atoms with Gasteiger partial charge in [-0.2, -0.15) is 4.31 Å². The molecule has 1 aliphatic heterocycles. The Morgan fingerprint density at radius 3 is 2.40 bits per heavy atom. The molecule has 1 heterocycles. The second-order valence-electron chi connectivity index (χ2n) is 4.36. The minimum absolute atomic E-state index is 0.233. The quantitative estimate of drug-likeness (QED) is 0.779. The molecule has 0 radical (unpaired) electrons. The summed E-state index contributed by atoms with van der Waals surface area (Å²) in [6.07, 6.45) is 0. The van der Waals surface area contributed by atoms with Crippen LogP contribution in [0.4, 0.5) is 0 Å². The highest BCUT2D eigenvalue weighted by Crippen LogP contribution is 2.30. The highest BCUT2D eigenvalue weighted by atomic mass is 32.2. The molecule has 0 aromatic carbocycles. The fourth-order valence-electron chi connectivity index (χ4n) is 1.21. The Bertz CT molecular complexity index is 357. The van der Waals surface area contributed by atoms with Crippen LogP contribution in [0.3, 0.4) is 0 Å². The van der Waals surface area contributed by atoms with Crippen molar-refractivity contribution in [1.29, 1.82) is 0 Å². The zero-order valence-corrected chi connectivity index (χ0v) is 10.6. The van der Waals surface area contributed by atoms with E-state index < -0.39 is 26.8 Å². The van der Waals surface area contributed by atoms with Gasteiger partial charge in [-0.3, -0.25) is 4.79 Å². The van der Waals surface area contributed by atoms with Crippen molar-refractivity contribution in [2.75, 3.05) is 11.6 Å². The van der Waals surface area contributed by atoms with Crippen molar-refractivity contribution in [3.05, 3.63) is 0 Å². The van der Waals surface area contributed by atoms with Gasteiger partial charge in [-0.05, 0) is 20.8 Å². The van der Waals surface area contributed by atoms with Gasteiger partial charge in [0.15, 0.2) is 0 Å². The average molecular weight is 253 g/mol. The fourth-order valence-corrected chi connectivity index (χ4v) is 4.30. The van der Waals surface area contributed by atoms with E-state index in [1.54, 1.807) is 20.8 Å². The van der Waals surface area contributed by atoms with E-state index in [1.165, 1.54) is 11.8 Å². The van der Waals surface area contributed by atoms with Crippen molar-refractivity contribution in [1.82, 2.24) is 4.31 Å². The van der Waals surface area contributed by atoms with Crippen molar-refractivity contribution in [2.24, 2.45) is 0 Å². The minimum Gasteiger partial charge on any atom is -0.480 e. The third kappa shape index (κ3) is 2.29. The number of nitrogens with zero attached hydrogens (tertiary/aromatic N) is 1. The first kappa shape index (κ1) is 12.8. The lowest BCUT2D eigenvalue weighted by Gasteiger charge is -2.28. The third-order valence-corrected chi connectivity index (χ3v) is 5.93. The number of carboxylic acid groups (broad SMARTS) is 1. The maximum Gasteiger partial charge on any atom is 0.322 e. The summed E-state index contributed by atoms with van der Waals surface area (Å²) in [6, 6.07) is -0.917. The van der Waals surface area contributed by atoms with Gasteiger partial charge in [0.1, 0.15) is 6.04 Å². The predicted molar refractivity (Wildman–Crippen MR) is 59.3 cm³/mol. The van der Waals surface area contributed by atoms with E-state index in [0.29, 0.717) is 5.75 Å². The van der Waals surface area contributed by atoms with Gasteiger partial charge in [0, 0.05) is 5.75 Å². The lowest BCUT2D eigenvalue weighted by atomic mass is 10.3. The number of aliphatic carboxylic acids is 1. The molecule has 7 heteroatoms. The fraction of sp³-hybridized carbons (Fsp3) is 0.875. The molecular weight excluding hydrogens is 238 g/mol. The predicted octanol–water partition coefficient (Wildman–Crippen LogP) is 0.574. The molecule has 0 saturated carbocycles. The molecule has 88 valence electrons. The van der Waals surface area contributed by atoms with E-state index in [9.17, 15) is 13.2 Å². The van der Waals surface area contributed by atoms with Crippen LogP contribution >= 0.6 is 11.8 Å². The molecule has 1 fully saturated rings. The Morgan fingerprint density at radius 1 is 1.47 bits per heavy atom. The number of thioether (sulfide) groups is 1. The number of hydrogen-bond donors (Lipinski definition) is 1. The van der Waals surface area contributed by atoms with E-state index in [0.717, 1.165) is 4.31 Å². The zero-order valence-electron chi connectivity index (χ0n) is 8.93. The summed E-state index contributed by atoms with van der Waals surface area (Å²) in [7, 11) is -3.54. The topological polar surface area (TPSA) is 74.7 Å². The summed E-state index contributed by atoms with van der Waals surface area (Å²) in [5.74, 6) is -0.519. The minimum atomic E-state index is -3.54. The van der Waals surface area contributed by atoms with Gasteiger partial charge in [-0.1, -0.05) is 0 Å². The van der Waals surface area contributed by atoms with Gasteiger partial charge in [-0.25, -0.2) is 8.42 Å². The van der Waals surface area contributed by atoms with Gasteiger partial charge in [-0.15, -0.1) is 11.8 Å². The molecule has 15 heavy (non-hydrogen) atoms. The van der Waals surface area contributed by atoms with Gasteiger partial charge in [0.2, 0.25) is 10.0 Å². The molecule has 1 saturated heterocycles. The van der Waals surface area contributed by atoms with Crippen LogP contribution in [0.5, 0.6) is 0 Å². The number of carboxylic acids is 1. The van der Waals surface area contributed by atoms with E-state index in [-0.39, 0.29) is 5.88 Å². The molecule has 5 nitrogen and oxygen atoms in total. The molecule has 1 atom stereocenters. The monoisotopic (exact) mass is 253 g/mol. The van der Waals surface area contributed by atoms with E-state index in [2.05, 4.69) is 0 Å². The SMILES string of the molecule is CC(C)(C)S(=O)(=O)N1CSCC1C(=O)O. The van der Waals surface area contributed by atoms with Crippen LogP contribution < -0.4 is 0 Å². The molecule has 1 rings (SSSR count). The molecule has 0 aromatic heterocycles. The van der Waals surface area contributed by atoms with Gasteiger partial charge in [0.05, 0.1) is 10.6 Å². The molecule has 0 amide bonds. The highest BCUT2D eigenvalue weighted by Gasteiger charge is 2.44. The Kier molecular flexibility index (Phi) is 3.37. The van der Waals surface area contributed by atoms with E-state index in [4.69, 9.17) is 5.11 Å². The van der Waals surface area contributed by atoms with Crippen LogP contribution in [0, 0.1) is 0 Å². The summed E-state index contributed by atoms with van der Waals surface area (Å²) in [5, 5.41) is 8.89. The molecule has 0 bridgehead atoms. The van der Waals surface area contributed by atoms with Crippen LogP contribution in [0.25, 0.3) is 0 Å². The Labute approximate surface area is 93.9 Å². The van der Waals surface area contributed by atoms with Crippen LogP contribution in [0.1, 0.15) is 20.8 Å². The molecule has 1 aliphatic rings. The largest absolute Gasteiger partial charge is 0.480 e. The summed E-state index contributed by atoms with van der Waals surface area (Å²) in [6.45, 7) is 4.72. The summed E-state index contributed by atoms with van der Waals surface area (Å²) in [5.41, 5.74) is 0. The van der Waals surface area contributed by atoms with Crippen LogP contribution in [-0.2, 0) is 14.8 Å². The van der Waals surface area contributed by atoms with Crippen molar-refractivity contribution >= 4 is 27.8 Å². The second kappa shape index (κ2) is 3.95. The molecule has 0 spiro atoms. The first-order valence-electron chi connectivity index (χ1n) is 4.50. The number of rotatable bonds is 2. The Balaban J connectivity index is 3.03. The number of hydrogen-bond acceptors (Lipinski definition) is 4. The molecule has 0 aromatic rings. The third-order valence-electron chi connectivity index (χ3n) is 2.21. The Morgan fingerprint density at radius 2 is 2.00 bits per heavy atom. The summed E-state index contributed by atoms with van der Waals surface area (Å²) in [4.78, 5) is 10.9. The zero-order chi connectivity index (χ0) is 11.9. The molecule has 0 aliphatic carbocycles. The first-order valence-corrected chi connectivity index (χ1v) is 7.09. The lowest BCUT2D eigenvalue weighted by molar-refractivity contribution is -0.140. The van der Waals surface area contributed by atoms with Gasteiger partial charge < -0.3 is 5.11 Å². The maximum atomic E-state index is 12.0. The second-order valence-corrected chi connectivity index (χ2v) is 8.00. The lowest BCUT2D eigenvalue weighted by Crippen LogP contribution is -2.48. The molecule has 1 N–H and O–H groups in total. The van der Waals surface area contributed by atoms with Crippen molar-refractivity contribution in [2.45, 2.75) is 31.6 Å². The maximum absolute atomic E-state index is 12.0. The van der Waals surface area contributed by atoms with E-state index >= 15 is 0 Å². The van der Waals surface area contributed by atoms with Crippen molar-refractivity contribution in [3.63, 3.8) is 0 Å². The smallest absolute Gasteiger partial charge is 0.322 e. The number of carbonyl (C=O) groups is 1. The standard InChI is InChI=1S/C8H15NO4S2/c1-8(2,3)15(12,13)9-5-14-4-6(9)7(10)11/h6H,4-5H2,1-3H3,(H,10,11). The normalized spacial score (nSPS) is 24.3. The Hall–Kier alpha value is -0.270. The van der Waals surface area contributed by atoms with Crippen LogP contribution in [-0.4, -0.2) is 46.2 Å². The number of sulfonamides is 1. The highest BCUT2D eigenvalue weighted by molar-refractivity contribution is 8.00. The summed E-state index contributed by atoms with van der Waals surface area (Å²) < 4.78 is 24.2. The summed E-state index contributed by atoms with van der Waals surface area (Å²) >= 11 is 1.33. The average Bonchev–Trinajstić information content (AvgIpc) is 2.48. The molecular formula is C8H15NO4S2. The van der Waals surface area contributed by atoms with Gasteiger partial charge in [0.25, 0.3) is 0 Å². The molecule has 1 unspecified atom stereocenters. The van der Waals surface area contributed by atoms with E-state index in [1.807, 2.05) is 0 Å². The van der Waals surface area contributed by atoms with Crippen molar-refractivity contribution in [3.8, 4) is 0 Å². The van der Waals surface area contributed by atoms with Gasteiger partial charge >= 0.3 is 5.97 Å².